The second-order valence-corrected chi connectivity index (χ2v) is 5.73. The summed E-state index contributed by atoms with van der Waals surface area (Å²) >= 11 is 0. The molecule has 20 heavy (non-hydrogen) atoms. The number of hydrogen-bond donors (Lipinski definition) is 3. The van der Waals surface area contributed by atoms with E-state index in [1.165, 1.54) is 17.4 Å². The van der Waals surface area contributed by atoms with Crippen LogP contribution in [0.25, 0.3) is 0 Å². The number of aromatic nitrogens is 2. The normalized spacial score (nSPS) is 16.1. The highest BCUT2D eigenvalue weighted by Gasteiger charge is 2.40. The number of hydrogen-bond acceptors (Lipinski definition) is 4. The summed E-state index contributed by atoms with van der Waals surface area (Å²) in [6.45, 7) is 5.48. The van der Waals surface area contributed by atoms with Crippen LogP contribution in [-0.2, 0) is 6.54 Å². The summed E-state index contributed by atoms with van der Waals surface area (Å²) in [6, 6.07) is 0. The first-order chi connectivity index (χ1) is 9.53. The van der Waals surface area contributed by atoms with E-state index in [4.69, 9.17) is 5.73 Å². The van der Waals surface area contributed by atoms with Crippen LogP contribution in [0.3, 0.4) is 0 Å². The lowest BCUT2D eigenvalue weighted by Crippen LogP contribution is -2.35. The molecule has 6 heteroatoms. The molecule has 0 saturated heterocycles. The third-order valence-electron chi connectivity index (χ3n) is 4.32. The molecule has 1 aliphatic rings. The third-order valence-corrected chi connectivity index (χ3v) is 4.32. The predicted molar refractivity (Wildman–Crippen MR) is 81.1 cm³/mol. The third kappa shape index (κ3) is 2.89. The lowest BCUT2D eigenvalue weighted by atomic mass is 10.0. The van der Waals surface area contributed by atoms with Gasteiger partial charge < -0.3 is 11.1 Å². The molecule has 112 valence electrons. The molecule has 0 aliphatic heterocycles. The minimum atomic E-state index is -0.428. The summed E-state index contributed by atoms with van der Waals surface area (Å²) in [5.74, 6) is 0.249. The number of rotatable bonds is 7. The molecule has 1 aromatic heterocycles. The zero-order valence-corrected chi connectivity index (χ0v) is 12.3. The first-order valence-electron chi connectivity index (χ1n) is 7.39. The van der Waals surface area contributed by atoms with Crippen LogP contribution >= 0.6 is 0 Å². The van der Waals surface area contributed by atoms with E-state index in [1.54, 1.807) is 0 Å². The first kappa shape index (κ1) is 14.7. The van der Waals surface area contributed by atoms with Crippen LogP contribution in [0.15, 0.2) is 9.59 Å². The van der Waals surface area contributed by atoms with E-state index in [0.717, 1.165) is 25.8 Å². The number of nitrogens with zero attached hydrogens (tertiary/aromatic N) is 1. The Morgan fingerprint density at radius 1 is 1.35 bits per heavy atom. The van der Waals surface area contributed by atoms with Crippen LogP contribution in [0, 0.1) is 5.41 Å². The van der Waals surface area contributed by atoms with Gasteiger partial charge in [-0.25, -0.2) is 4.79 Å². The second kappa shape index (κ2) is 5.73. The Balaban J connectivity index is 2.23. The van der Waals surface area contributed by atoms with Gasteiger partial charge >= 0.3 is 5.69 Å². The van der Waals surface area contributed by atoms with Crippen molar-refractivity contribution >= 4 is 11.5 Å². The van der Waals surface area contributed by atoms with Crippen molar-refractivity contribution in [3.05, 3.63) is 20.8 Å². The van der Waals surface area contributed by atoms with Gasteiger partial charge in [-0.3, -0.25) is 14.3 Å². The highest BCUT2D eigenvalue weighted by molar-refractivity contribution is 5.60. The fourth-order valence-electron chi connectivity index (χ4n) is 2.40. The second-order valence-electron chi connectivity index (χ2n) is 5.73. The quantitative estimate of drug-likeness (QED) is 0.706. The smallest absolute Gasteiger partial charge is 0.330 e. The van der Waals surface area contributed by atoms with Gasteiger partial charge in [-0.2, -0.15) is 0 Å². The average molecular weight is 280 g/mol. The number of H-pyrrole nitrogens is 1. The maximum absolute atomic E-state index is 11.9. The fraction of sp³-hybridized carbons (Fsp3) is 0.714. The van der Waals surface area contributed by atoms with E-state index in [9.17, 15) is 9.59 Å². The molecule has 0 amide bonds. The predicted octanol–water partition coefficient (Wildman–Crippen LogP) is 1.52. The van der Waals surface area contributed by atoms with E-state index in [2.05, 4.69) is 17.2 Å². The lowest BCUT2D eigenvalue weighted by Gasteiger charge is -2.17. The number of nitrogens with two attached hydrogens (primary N) is 1. The largest absolute Gasteiger partial charge is 0.383 e. The monoisotopic (exact) mass is 280 g/mol. The molecule has 0 radical (unpaired) electrons. The molecule has 0 bridgehead atoms. The molecular formula is C14H24N4O2. The number of aromatic amines is 1. The van der Waals surface area contributed by atoms with Crippen LogP contribution in [0.2, 0.25) is 0 Å². The van der Waals surface area contributed by atoms with Gasteiger partial charge in [0.2, 0.25) is 0 Å². The molecule has 1 aromatic rings. The van der Waals surface area contributed by atoms with E-state index in [0.29, 0.717) is 17.6 Å². The highest BCUT2D eigenvalue weighted by atomic mass is 16.2. The maximum Gasteiger partial charge on any atom is 0.330 e. The van der Waals surface area contributed by atoms with E-state index in [-0.39, 0.29) is 5.82 Å². The molecule has 0 aromatic carbocycles. The van der Waals surface area contributed by atoms with Gasteiger partial charge in [-0.1, -0.05) is 20.3 Å². The zero-order chi connectivity index (χ0) is 14.8. The van der Waals surface area contributed by atoms with Gasteiger partial charge in [0, 0.05) is 13.1 Å². The molecular weight excluding hydrogens is 256 g/mol. The highest BCUT2D eigenvalue weighted by Crippen LogP contribution is 2.48. The van der Waals surface area contributed by atoms with Crippen molar-refractivity contribution in [1.82, 2.24) is 9.55 Å². The van der Waals surface area contributed by atoms with Crippen LogP contribution in [0.1, 0.15) is 46.0 Å². The van der Waals surface area contributed by atoms with Crippen LogP contribution in [-0.4, -0.2) is 16.1 Å². The molecule has 0 spiro atoms. The van der Waals surface area contributed by atoms with Gasteiger partial charge in [0.05, 0.1) is 0 Å². The van der Waals surface area contributed by atoms with E-state index < -0.39 is 11.2 Å². The van der Waals surface area contributed by atoms with Crippen molar-refractivity contribution in [1.29, 1.82) is 0 Å². The Morgan fingerprint density at radius 2 is 2.05 bits per heavy atom. The zero-order valence-electron chi connectivity index (χ0n) is 12.3. The summed E-state index contributed by atoms with van der Waals surface area (Å²) in [4.78, 5) is 26.0. The Bertz CT molecular complexity index is 584. The van der Waals surface area contributed by atoms with Crippen molar-refractivity contribution in [3.63, 3.8) is 0 Å². The van der Waals surface area contributed by atoms with Crippen LogP contribution in [0.4, 0.5) is 11.5 Å². The van der Waals surface area contributed by atoms with Gasteiger partial charge in [-0.15, -0.1) is 0 Å². The SMILES string of the molecule is CCCCn1c(N)c(NCC2(CC)CC2)c(=O)[nH]c1=O. The Morgan fingerprint density at radius 3 is 2.60 bits per heavy atom. The molecule has 1 heterocycles. The molecule has 4 N–H and O–H groups in total. The molecule has 1 aliphatic carbocycles. The molecule has 2 rings (SSSR count). The maximum atomic E-state index is 11.9. The van der Waals surface area contributed by atoms with Crippen molar-refractivity contribution in [3.8, 4) is 0 Å². The van der Waals surface area contributed by atoms with Crippen molar-refractivity contribution in [2.45, 2.75) is 52.5 Å². The molecule has 1 fully saturated rings. The van der Waals surface area contributed by atoms with E-state index in [1.807, 2.05) is 6.92 Å². The Labute approximate surface area is 118 Å². The molecule has 0 unspecified atom stereocenters. The molecule has 0 atom stereocenters. The van der Waals surface area contributed by atoms with Crippen molar-refractivity contribution in [2.24, 2.45) is 5.41 Å². The minimum Gasteiger partial charge on any atom is -0.383 e. The van der Waals surface area contributed by atoms with Crippen molar-refractivity contribution < 1.29 is 0 Å². The van der Waals surface area contributed by atoms with E-state index >= 15 is 0 Å². The average Bonchev–Trinajstić information content (AvgIpc) is 3.18. The number of anilines is 2. The molecule has 6 nitrogen and oxygen atoms in total. The fourth-order valence-corrected chi connectivity index (χ4v) is 2.40. The Hall–Kier alpha value is -1.72. The summed E-state index contributed by atoms with van der Waals surface area (Å²) in [5.41, 5.74) is 5.79. The minimum absolute atomic E-state index is 0.249. The van der Waals surface area contributed by atoms with Gasteiger partial charge in [0.1, 0.15) is 11.5 Å². The first-order valence-corrected chi connectivity index (χ1v) is 7.39. The van der Waals surface area contributed by atoms with Crippen LogP contribution in [0.5, 0.6) is 0 Å². The summed E-state index contributed by atoms with van der Waals surface area (Å²) in [7, 11) is 0. The lowest BCUT2D eigenvalue weighted by molar-refractivity contribution is 0.520. The Kier molecular flexibility index (Phi) is 4.20. The summed E-state index contributed by atoms with van der Waals surface area (Å²) < 4.78 is 1.44. The van der Waals surface area contributed by atoms with Crippen molar-refractivity contribution in [2.75, 3.05) is 17.6 Å². The molecule has 1 saturated carbocycles. The summed E-state index contributed by atoms with van der Waals surface area (Å²) in [5, 5.41) is 3.15. The van der Waals surface area contributed by atoms with Gasteiger partial charge in [0.15, 0.2) is 0 Å². The topological polar surface area (TPSA) is 92.9 Å². The number of nitrogen functional groups attached to an aromatic ring is 1. The van der Waals surface area contributed by atoms with Crippen LogP contribution < -0.4 is 22.3 Å². The standard InChI is InChI=1S/C14H24N4O2/c1-3-5-8-18-11(15)10(12(19)17-13(18)20)16-9-14(4-2)6-7-14/h16H,3-9,15H2,1-2H3,(H,17,19,20). The van der Waals surface area contributed by atoms with Gasteiger partial charge in [-0.05, 0) is 31.1 Å². The number of unbranched alkanes of at least 4 members (excludes halogenated alkanes) is 1. The van der Waals surface area contributed by atoms with Gasteiger partial charge in [0.25, 0.3) is 5.56 Å². The number of nitrogens with one attached hydrogen (secondary N) is 2. The summed E-state index contributed by atoms with van der Waals surface area (Å²) in [6.07, 6.45) is 5.28.